The van der Waals surface area contributed by atoms with E-state index in [0.29, 0.717) is 0 Å². The van der Waals surface area contributed by atoms with E-state index < -0.39 is 0 Å². The molecule has 0 aliphatic carbocycles. The van der Waals surface area contributed by atoms with Crippen LogP contribution in [0, 0.1) is 0 Å². The number of fused-ring (bicyclic) bond motifs is 1. The number of ether oxygens (including phenoxy) is 1. The molecule has 1 aromatic rings. The van der Waals surface area contributed by atoms with Crippen LogP contribution in [-0.2, 0) is 11.2 Å². The molecule has 0 saturated carbocycles. The molecule has 3 rings (SSSR count). The average Bonchev–Trinajstić information content (AvgIpc) is 2.90. The molecule has 2 heterocycles. The van der Waals surface area contributed by atoms with Crippen LogP contribution in [0.1, 0.15) is 46.8 Å². The van der Waals surface area contributed by atoms with Crippen LogP contribution in [0.5, 0.6) is 0 Å². The summed E-state index contributed by atoms with van der Waals surface area (Å²) in [6, 6.07) is 5.90. The van der Waals surface area contributed by atoms with E-state index in [1.807, 2.05) is 18.2 Å². The quantitative estimate of drug-likeness (QED) is 0.847. The lowest BCUT2D eigenvalue weighted by Crippen LogP contribution is -2.27. The molecule has 2 unspecified atom stereocenters. The van der Waals surface area contributed by atoms with Crippen LogP contribution >= 0.6 is 0 Å². The van der Waals surface area contributed by atoms with Gasteiger partial charge in [0.05, 0.1) is 12.1 Å². The van der Waals surface area contributed by atoms with Crippen LogP contribution in [0.25, 0.3) is 0 Å². The second-order valence-corrected chi connectivity index (χ2v) is 5.35. The number of benzene rings is 1. The number of amides is 1. The maximum absolute atomic E-state index is 12.0. The van der Waals surface area contributed by atoms with Gasteiger partial charge in [0.25, 0.3) is 5.91 Å². The summed E-state index contributed by atoms with van der Waals surface area (Å²) < 4.78 is 5.64. The summed E-state index contributed by atoms with van der Waals surface area (Å²) in [5, 5.41) is 2.93. The maximum atomic E-state index is 12.0. The topological polar surface area (TPSA) is 64.4 Å². The van der Waals surface area contributed by atoms with Gasteiger partial charge in [0.2, 0.25) is 0 Å². The smallest absolute Gasteiger partial charge is 0.251 e. The van der Waals surface area contributed by atoms with Crippen LogP contribution in [0.3, 0.4) is 0 Å². The highest BCUT2D eigenvalue weighted by Gasteiger charge is 2.25. The normalized spacial score (nSPS) is 24.5. The van der Waals surface area contributed by atoms with Crippen LogP contribution in [-0.4, -0.2) is 25.2 Å². The largest absolute Gasteiger partial charge is 0.376 e. The molecule has 0 aromatic heterocycles. The zero-order valence-corrected chi connectivity index (χ0v) is 11.0. The second-order valence-electron chi connectivity index (χ2n) is 5.35. The summed E-state index contributed by atoms with van der Waals surface area (Å²) in [4.78, 5) is 12.0. The number of carbonyl (C=O) groups excluding carboxylic acids is 1. The monoisotopic (exact) mass is 260 g/mol. The summed E-state index contributed by atoms with van der Waals surface area (Å²) >= 11 is 0. The van der Waals surface area contributed by atoms with Crippen molar-refractivity contribution < 1.29 is 9.53 Å². The van der Waals surface area contributed by atoms with E-state index >= 15 is 0 Å². The third-order valence-electron chi connectivity index (χ3n) is 4.04. The Morgan fingerprint density at radius 3 is 3.05 bits per heavy atom. The molecular formula is C15H20N2O2. The van der Waals surface area contributed by atoms with Crippen molar-refractivity contribution in [2.45, 2.75) is 37.8 Å². The maximum Gasteiger partial charge on any atom is 0.251 e. The standard InChI is InChI=1S/C15H20N2O2/c16-14(13-4-2-8-19-13)11-6-5-10-3-1-7-17-15(18)12(10)9-11/h5-6,9,13-14H,1-4,7-8,16H2,(H,17,18). The molecule has 19 heavy (non-hydrogen) atoms. The van der Waals surface area contributed by atoms with E-state index in [1.54, 1.807) is 0 Å². The van der Waals surface area contributed by atoms with Crippen molar-refractivity contribution in [3.05, 3.63) is 34.9 Å². The number of hydrogen-bond acceptors (Lipinski definition) is 3. The van der Waals surface area contributed by atoms with Crippen LogP contribution < -0.4 is 11.1 Å². The molecule has 0 spiro atoms. The Bertz CT molecular complexity index is 481. The number of nitrogens with two attached hydrogens (primary N) is 1. The van der Waals surface area contributed by atoms with Gasteiger partial charge < -0.3 is 15.8 Å². The Morgan fingerprint density at radius 2 is 2.26 bits per heavy atom. The van der Waals surface area contributed by atoms with Crippen molar-refractivity contribution in [2.75, 3.05) is 13.2 Å². The predicted octanol–water partition coefficient (Wildman–Crippen LogP) is 1.54. The van der Waals surface area contributed by atoms with E-state index in [2.05, 4.69) is 5.32 Å². The number of nitrogens with one attached hydrogen (secondary N) is 1. The molecule has 2 aliphatic heterocycles. The Morgan fingerprint density at radius 1 is 1.37 bits per heavy atom. The van der Waals surface area contributed by atoms with Crippen molar-refractivity contribution in [1.82, 2.24) is 5.32 Å². The fourth-order valence-electron chi connectivity index (χ4n) is 2.91. The molecule has 1 amide bonds. The Balaban J connectivity index is 1.89. The highest BCUT2D eigenvalue weighted by atomic mass is 16.5. The van der Waals surface area contributed by atoms with E-state index in [9.17, 15) is 4.79 Å². The lowest BCUT2D eigenvalue weighted by atomic mass is 9.94. The summed E-state index contributed by atoms with van der Waals surface area (Å²) in [6.07, 6.45) is 4.11. The first-order chi connectivity index (χ1) is 9.25. The Kier molecular flexibility index (Phi) is 3.53. The fourth-order valence-corrected chi connectivity index (χ4v) is 2.91. The third-order valence-corrected chi connectivity index (χ3v) is 4.04. The first-order valence-corrected chi connectivity index (χ1v) is 7.04. The Labute approximate surface area is 113 Å². The van der Waals surface area contributed by atoms with Gasteiger partial charge in [-0.05, 0) is 42.9 Å². The van der Waals surface area contributed by atoms with Gasteiger partial charge in [-0.25, -0.2) is 0 Å². The highest BCUT2D eigenvalue weighted by Crippen LogP contribution is 2.27. The van der Waals surface area contributed by atoms with Crippen LogP contribution in [0.15, 0.2) is 18.2 Å². The number of hydrogen-bond donors (Lipinski definition) is 2. The summed E-state index contributed by atoms with van der Waals surface area (Å²) in [5.74, 6) is 0.0221. The van der Waals surface area contributed by atoms with E-state index in [1.165, 1.54) is 0 Å². The summed E-state index contributed by atoms with van der Waals surface area (Å²) in [7, 11) is 0. The molecule has 2 atom stereocenters. The average molecular weight is 260 g/mol. The van der Waals surface area contributed by atoms with Gasteiger partial charge in [-0.3, -0.25) is 4.79 Å². The number of aryl methyl sites for hydroxylation is 1. The lowest BCUT2D eigenvalue weighted by molar-refractivity contribution is 0.0897. The molecule has 0 bridgehead atoms. The lowest BCUT2D eigenvalue weighted by Gasteiger charge is -2.20. The molecule has 1 aromatic carbocycles. The number of rotatable bonds is 2. The molecule has 1 fully saturated rings. The second kappa shape index (κ2) is 5.31. The van der Waals surface area contributed by atoms with Crippen molar-refractivity contribution in [1.29, 1.82) is 0 Å². The highest BCUT2D eigenvalue weighted by molar-refractivity contribution is 5.96. The molecule has 0 radical (unpaired) electrons. The molecule has 102 valence electrons. The first-order valence-electron chi connectivity index (χ1n) is 7.04. The molecule has 3 N–H and O–H groups in total. The zero-order chi connectivity index (χ0) is 13.2. The van der Waals surface area contributed by atoms with Crippen molar-refractivity contribution in [2.24, 2.45) is 5.73 Å². The van der Waals surface area contributed by atoms with Crippen molar-refractivity contribution in [3.63, 3.8) is 0 Å². The van der Waals surface area contributed by atoms with Gasteiger partial charge in [-0.1, -0.05) is 12.1 Å². The fraction of sp³-hybridized carbons (Fsp3) is 0.533. The summed E-state index contributed by atoms with van der Waals surface area (Å²) in [5.41, 5.74) is 9.17. The molecule has 1 saturated heterocycles. The SMILES string of the molecule is NC(c1ccc2c(c1)C(=O)NCCC2)C1CCCO1. The molecule has 4 nitrogen and oxygen atoms in total. The molecular weight excluding hydrogens is 240 g/mol. The third kappa shape index (κ3) is 2.51. The van der Waals surface area contributed by atoms with Gasteiger partial charge in [0, 0.05) is 18.7 Å². The van der Waals surface area contributed by atoms with Gasteiger partial charge in [-0.15, -0.1) is 0 Å². The summed E-state index contributed by atoms with van der Waals surface area (Å²) in [6.45, 7) is 1.55. The predicted molar refractivity (Wildman–Crippen MR) is 73.0 cm³/mol. The van der Waals surface area contributed by atoms with Crippen LogP contribution in [0.4, 0.5) is 0 Å². The molecule has 4 heteroatoms. The minimum Gasteiger partial charge on any atom is -0.376 e. The zero-order valence-electron chi connectivity index (χ0n) is 11.0. The van der Waals surface area contributed by atoms with E-state index in [0.717, 1.165) is 55.5 Å². The minimum absolute atomic E-state index is 0.0221. The van der Waals surface area contributed by atoms with Crippen molar-refractivity contribution >= 4 is 5.91 Å². The molecule has 2 aliphatic rings. The van der Waals surface area contributed by atoms with Gasteiger partial charge >= 0.3 is 0 Å². The number of carbonyl (C=O) groups is 1. The first kappa shape index (κ1) is 12.6. The van der Waals surface area contributed by atoms with Gasteiger partial charge in [0.1, 0.15) is 0 Å². The van der Waals surface area contributed by atoms with E-state index in [4.69, 9.17) is 10.5 Å². The van der Waals surface area contributed by atoms with Gasteiger partial charge in [-0.2, -0.15) is 0 Å². The Hall–Kier alpha value is -1.39. The van der Waals surface area contributed by atoms with Crippen LogP contribution in [0.2, 0.25) is 0 Å². The van der Waals surface area contributed by atoms with Crippen molar-refractivity contribution in [3.8, 4) is 0 Å². The van der Waals surface area contributed by atoms with Gasteiger partial charge in [0.15, 0.2) is 0 Å². The minimum atomic E-state index is -0.135. The van der Waals surface area contributed by atoms with E-state index in [-0.39, 0.29) is 18.1 Å².